The van der Waals surface area contributed by atoms with E-state index >= 15 is 0 Å². The summed E-state index contributed by atoms with van der Waals surface area (Å²) in [4.78, 5) is 23.1. The number of carbonyl (C=O) groups excluding carboxylic acids is 2. The van der Waals surface area contributed by atoms with Gasteiger partial charge in [0.05, 0.1) is 0 Å². The Morgan fingerprint density at radius 1 is 1.28 bits per heavy atom. The minimum absolute atomic E-state index is 0.183. The Bertz CT molecular complexity index is 470. The fourth-order valence-corrected chi connectivity index (χ4v) is 1.63. The molecule has 0 saturated heterocycles. The van der Waals surface area contributed by atoms with E-state index in [1.54, 1.807) is 18.2 Å². The number of hydrogen-bond acceptors (Lipinski definition) is 4. The number of rotatable bonds is 5. The van der Waals surface area contributed by atoms with Gasteiger partial charge in [0.2, 0.25) is 12.6 Å². The van der Waals surface area contributed by atoms with E-state index in [4.69, 9.17) is 9.47 Å². The van der Waals surface area contributed by atoms with Crippen molar-refractivity contribution in [2.45, 2.75) is 26.2 Å². The molecule has 0 fully saturated rings. The van der Waals surface area contributed by atoms with Gasteiger partial charge in [-0.25, -0.2) is 0 Å². The van der Waals surface area contributed by atoms with Gasteiger partial charge in [-0.15, -0.1) is 0 Å². The summed E-state index contributed by atoms with van der Waals surface area (Å²) in [7, 11) is 0. The highest BCUT2D eigenvalue weighted by Crippen LogP contribution is 2.34. The van der Waals surface area contributed by atoms with E-state index in [1.165, 1.54) is 0 Å². The molecule has 96 valence electrons. The smallest absolute Gasteiger partial charge is 0.291 e. The van der Waals surface area contributed by atoms with E-state index in [9.17, 15) is 9.59 Å². The average molecular weight is 249 g/mol. The lowest BCUT2D eigenvalue weighted by Gasteiger charge is -2.05. The van der Waals surface area contributed by atoms with Gasteiger partial charge in [-0.05, 0) is 18.6 Å². The maximum atomic E-state index is 11.6. The lowest BCUT2D eigenvalue weighted by Crippen LogP contribution is -2.22. The average Bonchev–Trinajstić information content (AvgIpc) is 2.83. The highest BCUT2D eigenvalue weighted by Gasteiger charge is 2.16. The summed E-state index contributed by atoms with van der Waals surface area (Å²) in [5.74, 6) is 0.246. The van der Waals surface area contributed by atoms with Crippen LogP contribution >= 0.6 is 0 Å². The van der Waals surface area contributed by atoms with Crippen molar-refractivity contribution in [1.29, 1.82) is 0 Å². The molecule has 5 nitrogen and oxygen atoms in total. The van der Waals surface area contributed by atoms with Crippen LogP contribution in [-0.4, -0.2) is 18.5 Å². The van der Waals surface area contributed by atoms with Gasteiger partial charge in [-0.2, -0.15) is 0 Å². The summed E-state index contributed by atoms with van der Waals surface area (Å²) in [5.41, 5.74) is 0.536. The lowest BCUT2D eigenvalue weighted by atomic mass is 10.2. The van der Waals surface area contributed by atoms with E-state index in [2.05, 4.69) is 5.32 Å². The molecule has 0 atom stereocenters. The van der Waals surface area contributed by atoms with E-state index in [0.29, 0.717) is 17.2 Å². The molecule has 1 aliphatic heterocycles. The molecule has 1 N–H and O–H groups in total. The largest absolute Gasteiger partial charge is 0.454 e. The Kier molecular flexibility index (Phi) is 3.82. The molecule has 1 aromatic carbocycles. The first-order chi connectivity index (χ1) is 8.70. The van der Waals surface area contributed by atoms with Crippen LogP contribution in [0.25, 0.3) is 0 Å². The van der Waals surface area contributed by atoms with Gasteiger partial charge in [0.1, 0.15) is 0 Å². The monoisotopic (exact) mass is 249 g/mol. The van der Waals surface area contributed by atoms with Crippen LogP contribution < -0.4 is 14.8 Å². The number of nitrogens with one attached hydrogen (secondary N) is 1. The minimum atomic E-state index is -0.581. The first kappa shape index (κ1) is 12.4. The zero-order valence-corrected chi connectivity index (χ0v) is 10.2. The normalized spacial score (nSPS) is 12.3. The molecule has 0 aliphatic carbocycles. The number of carbonyl (C=O) groups is 2. The van der Waals surface area contributed by atoms with Crippen molar-refractivity contribution in [3.05, 3.63) is 18.2 Å². The van der Waals surface area contributed by atoms with E-state index in [1.807, 2.05) is 6.92 Å². The second kappa shape index (κ2) is 5.53. The van der Waals surface area contributed by atoms with E-state index < -0.39 is 11.7 Å². The summed E-state index contributed by atoms with van der Waals surface area (Å²) >= 11 is 0. The zero-order chi connectivity index (χ0) is 13.0. The van der Waals surface area contributed by atoms with Crippen molar-refractivity contribution < 1.29 is 19.1 Å². The molecule has 1 aromatic rings. The Morgan fingerprint density at radius 2 is 2.06 bits per heavy atom. The topological polar surface area (TPSA) is 64.6 Å². The number of benzene rings is 1. The van der Waals surface area contributed by atoms with Crippen molar-refractivity contribution in [1.82, 2.24) is 0 Å². The van der Waals surface area contributed by atoms with Crippen molar-refractivity contribution >= 4 is 17.4 Å². The SMILES string of the molecule is CCCCC(=O)C(=O)Nc1ccc2c(c1)OCO2. The van der Waals surface area contributed by atoms with Crippen molar-refractivity contribution in [3.8, 4) is 11.5 Å². The standard InChI is InChI=1S/C13H15NO4/c1-2-3-4-10(15)13(16)14-9-5-6-11-12(7-9)18-8-17-11/h5-7H,2-4,8H2,1H3,(H,14,16). The van der Waals surface area contributed by atoms with Crippen LogP contribution in [0.15, 0.2) is 18.2 Å². The lowest BCUT2D eigenvalue weighted by molar-refractivity contribution is -0.134. The number of unbranched alkanes of at least 4 members (excludes halogenated alkanes) is 1. The highest BCUT2D eigenvalue weighted by molar-refractivity contribution is 6.40. The van der Waals surface area contributed by atoms with Gasteiger partial charge in [0.15, 0.2) is 11.5 Å². The number of fused-ring (bicyclic) bond motifs is 1. The minimum Gasteiger partial charge on any atom is -0.454 e. The Morgan fingerprint density at radius 3 is 2.83 bits per heavy atom. The van der Waals surface area contributed by atoms with Crippen LogP contribution in [0.4, 0.5) is 5.69 Å². The van der Waals surface area contributed by atoms with Crippen LogP contribution in [-0.2, 0) is 9.59 Å². The summed E-state index contributed by atoms with van der Waals surface area (Å²) in [6.07, 6.45) is 1.91. The number of ketones is 1. The highest BCUT2D eigenvalue weighted by atomic mass is 16.7. The molecule has 0 saturated carbocycles. The molecule has 0 spiro atoms. The summed E-state index contributed by atoms with van der Waals surface area (Å²) in [6, 6.07) is 5.03. The second-order valence-corrected chi connectivity index (χ2v) is 4.05. The molecule has 5 heteroatoms. The Hall–Kier alpha value is -2.04. The number of amides is 1. The summed E-state index contributed by atoms with van der Waals surface area (Å²) in [6.45, 7) is 2.16. The van der Waals surface area contributed by atoms with Crippen LogP contribution in [0, 0.1) is 0 Å². The number of Topliss-reactive ketones (excluding diaryl/α,β-unsaturated/α-hetero) is 1. The summed E-state index contributed by atoms with van der Waals surface area (Å²) in [5, 5.41) is 2.56. The Labute approximate surface area is 105 Å². The molecule has 2 rings (SSSR count). The van der Waals surface area contributed by atoms with Gasteiger partial charge >= 0.3 is 0 Å². The van der Waals surface area contributed by atoms with Gasteiger partial charge in [0, 0.05) is 18.2 Å². The number of anilines is 1. The maximum absolute atomic E-state index is 11.6. The van der Waals surface area contributed by atoms with Crippen molar-refractivity contribution in [2.24, 2.45) is 0 Å². The third kappa shape index (κ3) is 2.80. The zero-order valence-electron chi connectivity index (χ0n) is 10.2. The first-order valence-electron chi connectivity index (χ1n) is 5.94. The molecular weight excluding hydrogens is 234 g/mol. The van der Waals surface area contributed by atoms with Crippen LogP contribution in [0.1, 0.15) is 26.2 Å². The quantitative estimate of drug-likeness (QED) is 0.812. The fourth-order valence-electron chi connectivity index (χ4n) is 1.63. The molecule has 0 radical (unpaired) electrons. The van der Waals surface area contributed by atoms with Gasteiger partial charge in [-0.3, -0.25) is 9.59 Å². The number of ether oxygens (including phenoxy) is 2. The molecule has 0 aromatic heterocycles. The van der Waals surface area contributed by atoms with Crippen LogP contribution in [0.5, 0.6) is 11.5 Å². The molecule has 0 bridgehead atoms. The van der Waals surface area contributed by atoms with Crippen molar-refractivity contribution in [2.75, 3.05) is 12.1 Å². The fraction of sp³-hybridized carbons (Fsp3) is 0.385. The predicted molar refractivity (Wildman–Crippen MR) is 65.7 cm³/mol. The van der Waals surface area contributed by atoms with E-state index in [-0.39, 0.29) is 13.2 Å². The van der Waals surface area contributed by atoms with Gasteiger partial charge in [-0.1, -0.05) is 13.3 Å². The third-order valence-electron chi connectivity index (χ3n) is 2.64. The third-order valence-corrected chi connectivity index (χ3v) is 2.64. The molecular formula is C13H15NO4. The van der Waals surface area contributed by atoms with Crippen molar-refractivity contribution in [3.63, 3.8) is 0 Å². The first-order valence-corrected chi connectivity index (χ1v) is 5.94. The molecule has 1 heterocycles. The molecule has 1 amide bonds. The second-order valence-electron chi connectivity index (χ2n) is 4.05. The van der Waals surface area contributed by atoms with Crippen LogP contribution in [0.3, 0.4) is 0 Å². The Balaban J connectivity index is 1.97. The number of hydrogen-bond donors (Lipinski definition) is 1. The van der Waals surface area contributed by atoms with Gasteiger partial charge in [0.25, 0.3) is 5.91 Å². The summed E-state index contributed by atoms with van der Waals surface area (Å²) < 4.78 is 10.3. The maximum Gasteiger partial charge on any atom is 0.291 e. The molecule has 1 aliphatic rings. The molecule has 0 unspecified atom stereocenters. The van der Waals surface area contributed by atoms with E-state index in [0.717, 1.165) is 12.8 Å². The van der Waals surface area contributed by atoms with Crippen LogP contribution in [0.2, 0.25) is 0 Å². The van der Waals surface area contributed by atoms with Gasteiger partial charge < -0.3 is 14.8 Å². The molecule has 18 heavy (non-hydrogen) atoms. The predicted octanol–water partition coefficient (Wildman–Crippen LogP) is 2.11.